The van der Waals surface area contributed by atoms with Gasteiger partial charge in [0.1, 0.15) is 6.10 Å². The Morgan fingerprint density at radius 2 is 1.90 bits per heavy atom. The molecule has 2 heterocycles. The van der Waals surface area contributed by atoms with Crippen LogP contribution in [0, 0.1) is 0 Å². The number of carbonyl (C=O) groups is 2. The first kappa shape index (κ1) is 22.0. The van der Waals surface area contributed by atoms with E-state index in [1.807, 2.05) is 0 Å². The molecule has 0 N–H and O–H groups in total. The van der Waals surface area contributed by atoms with Crippen LogP contribution in [-0.2, 0) is 11.0 Å². The highest BCUT2D eigenvalue weighted by molar-refractivity contribution is 6.30. The van der Waals surface area contributed by atoms with Gasteiger partial charge in [-0.05, 0) is 43.2 Å². The Hall–Kier alpha value is -2.68. The molecule has 0 aliphatic carbocycles. The smallest absolute Gasteiger partial charge is 0.433 e. The van der Waals surface area contributed by atoms with Crippen LogP contribution in [0.3, 0.4) is 0 Å². The maximum Gasteiger partial charge on any atom is 0.433 e. The normalized spacial score (nSPS) is 16.9. The maximum absolute atomic E-state index is 12.8. The molecule has 1 saturated heterocycles. The number of piperidine rings is 1. The lowest BCUT2D eigenvalue weighted by Gasteiger charge is -2.32. The van der Waals surface area contributed by atoms with Crippen molar-refractivity contribution in [3.05, 3.63) is 52.8 Å². The van der Waals surface area contributed by atoms with Gasteiger partial charge in [-0.2, -0.15) is 18.2 Å². The molecule has 30 heavy (non-hydrogen) atoms. The second kappa shape index (κ2) is 9.42. The van der Waals surface area contributed by atoms with Crippen LogP contribution in [0.25, 0.3) is 0 Å². The van der Waals surface area contributed by atoms with E-state index in [0.29, 0.717) is 30.0 Å². The van der Waals surface area contributed by atoms with Gasteiger partial charge in [-0.1, -0.05) is 11.6 Å². The largest absolute Gasteiger partial charge is 0.458 e. The molecular formula is C20H19ClF3N3O3. The molecule has 160 valence electrons. The number of halogens is 4. The highest BCUT2D eigenvalue weighted by Gasteiger charge is 2.33. The highest BCUT2D eigenvalue weighted by atomic mass is 35.5. The number of carbonyl (C=O) groups excluding carboxylic acids is 2. The molecular weight excluding hydrogens is 423 g/mol. The summed E-state index contributed by atoms with van der Waals surface area (Å²) in [5, 5.41) is 0.520. The predicted octanol–water partition coefficient (Wildman–Crippen LogP) is 4.18. The summed E-state index contributed by atoms with van der Waals surface area (Å²) in [6, 6.07) is 6.82. The number of aromatic nitrogens is 2. The van der Waals surface area contributed by atoms with Gasteiger partial charge in [0.15, 0.2) is 11.5 Å². The minimum absolute atomic E-state index is 0.0360. The molecule has 6 nitrogen and oxygen atoms in total. The number of hydrogen-bond acceptors (Lipinski definition) is 5. The van der Waals surface area contributed by atoms with Gasteiger partial charge >= 0.3 is 12.2 Å². The van der Waals surface area contributed by atoms with Crippen molar-refractivity contribution in [2.24, 2.45) is 0 Å². The summed E-state index contributed by atoms with van der Waals surface area (Å²) < 4.78 is 43.8. The zero-order chi connectivity index (χ0) is 21.7. The van der Waals surface area contributed by atoms with Gasteiger partial charge in [-0.15, -0.1) is 0 Å². The van der Waals surface area contributed by atoms with Crippen LogP contribution < -0.4 is 4.74 Å². The topological polar surface area (TPSA) is 72.4 Å². The van der Waals surface area contributed by atoms with Crippen LogP contribution in [0.4, 0.5) is 13.2 Å². The van der Waals surface area contributed by atoms with Crippen molar-refractivity contribution in [2.75, 3.05) is 13.1 Å². The molecule has 1 aliphatic rings. The lowest BCUT2D eigenvalue weighted by molar-refractivity contribution is -0.141. The first-order chi connectivity index (χ1) is 14.2. The van der Waals surface area contributed by atoms with Gasteiger partial charge in [0.2, 0.25) is 5.91 Å². The van der Waals surface area contributed by atoms with Gasteiger partial charge in [-0.25, -0.2) is 4.98 Å². The Labute approximate surface area is 176 Å². The average Bonchev–Trinajstić information content (AvgIpc) is 2.72. The predicted molar refractivity (Wildman–Crippen MR) is 102 cm³/mol. The van der Waals surface area contributed by atoms with E-state index in [0.717, 1.165) is 12.3 Å². The molecule has 1 fully saturated rings. The first-order valence-electron chi connectivity index (χ1n) is 9.36. The number of hydrogen-bond donors (Lipinski definition) is 0. The Kier molecular flexibility index (Phi) is 6.91. The molecule has 2 aromatic rings. The number of rotatable bonds is 6. The zero-order valence-electron chi connectivity index (χ0n) is 15.9. The summed E-state index contributed by atoms with van der Waals surface area (Å²) >= 11 is 5.80. The molecule has 0 bridgehead atoms. The van der Waals surface area contributed by atoms with E-state index >= 15 is 0 Å². The molecule has 0 saturated carbocycles. The summed E-state index contributed by atoms with van der Waals surface area (Å²) in [6.45, 7) is 0.699. The molecule has 0 radical (unpaired) electrons. The number of benzene rings is 1. The average molecular weight is 442 g/mol. The summed E-state index contributed by atoms with van der Waals surface area (Å²) in [4.78, 5) is 33.4. The maximum atomic E-state index is 12.8. The van der Waals surface area contributed by atoms with Crippen LogP contribution in [0.2, 0.25) is 5.02 Å². The van der Waals surface area contributed by atoms with Crippen molar-refractivity contribution in [1.82, 2.24) is 14.9 Å². The van der Waals surface area contributed by atoms with Crippen molar-refractivity contribution in [3.8, 4) is 6.01 Å². The van der Waals surface area contributed by atoms with Gasteiger partial charge in [0, 0.05) is 36.2 Å². The fraction of sp³-hybridized carbons (Fsp3) is 0.400. The van der Waals surface area contributed by atoms with E-state index in [1.165, 1.54) is 0 Å². The summed E-state index contributed by atoms with van der Waals surface area (Å²) in [6.07, 6.45) is -2.84. The lowest BCUT2D eigenvalue weighted by atomic mass is 10.0. The molecule has 0 spiro atoms. The molecule has 1 atom stereocenters. The van der Waals surface area contributed by atoms with E-state index in [1.54, 1.807) is 29.2 Å². The Balaban J connectivity index is 1.53. The third-order valence-electron chi connectivity index (χ3n) is 4.66. The summed E-state index contributed by atoms with van der Waals surface area (Å²) in [5.41, 5.74) is -0.606. The van der Waals surface area contributed by atoms with Crippen molar-refractivity contribution in [3.63, 3.8) is 0 Å². The Bertz CT molecular complexity index is 906. The standard InChI is InChI=1S/C20H19ClF3N3O3/c21-14-5-3-13(4-6-14)16(28)7-8-18(29)27-11-1-2-15(12-27)30-19-25-10-9-17(26-19)20(22,23)24/h3-6,9-10,15H,1-2,7-8,11-12H2. The SMILES string of the molecule is O=C(CCC(=O)N1CCCC(Oc2nccc(C(F)(F)F)n2)C1)c1ccc(Cl)cc1. The van der Waals surface area contributed by atoms with Crippen LogP contribution in [0.15, 0.2) is 36.5 Å². The minimum Gasteiger partial charge on any atom is -0.458 e. The zero-order valence-corrected chi connectivity index (χ0v) is 16.6. The number of ether oxygens (including phenoxy) is 1. The van der Waals surface area contributed by atoms with Gasteiger partial charge in [-0.3, -0.25) is 9.59 Å². The van der Waals surface area contributed by atoms with E-state index in [2.05, 4.69) is 9.97 Å². The molecule has 1 amide bonds. The van der Waals surface area contributed by atoms with Crippen LogP contribution in [0.1, 0.15) is 41.7 Å². The number of alkyl halides is 3. The number of likely N-dealkylation sites (tertiary alicyclic amines) is 1. The quantitative estimate of drug-likeness (QED) is 0.629. The Morgan fingerprint density at radius 3 is 2.60 bits per heavy atom. The van der Waals surface area contributed by atoms with Crippen LogP contribution in [0.5, 0.6) is 6.01 Å². The number of nitrogens with zero attached hydrogens (tertiary/aromatic N) is 3. The third-order valence-corrected chi connectivity index (χ3v) is 4.91. The lowest BCUT2D eigenvalue weighted by Crippen LogP contribution is -2.44. The molecule has 1 aromatic carbocycles. The van der Waals surface area contributed by atoms with Crippen molar-refractivity contribution < 1.29 is 27.5 Å². The molecule has 1 aromatic heterocycles. The minimum atomic E-state index is -4.59. The van der Waals surface area contributed by atoms with Crippen molar-refractivity contribution in [2.45, 2.75) is 38.0 Å². The number of amides is 1. The third kappa shape index (κ3) is 5.91. The van der Waals surface area contributed by atoms with Crippen molar-refractivity contribution in [1.29, 1.82) is 0 Å². The molecule has 1 unspecified atom stereocenters. The van der Waals surface area contributed by atoms with E-state index in [4.69, 9.17) is 16.3 Å². The van der Waals surface area contributed by atoms with E-state index in [9.17, 15) is 22.8 Å². The highest BCUT2D eigenvalue weighted by Crippen LogP contribution is 2.28. The van der Waals surface area contributed by atoms with Gasteiger partial charge in [0.25, 0.3) is 0 Å². The summed E-state index contributed by atoms with van der Waals surface area (Å²) in [5.74, 6) is -0.377. The van der Waals surface area contributed by atoms with Crippen LogP contribution in [-0.4, -0.2) is 45.8 Å². The monoisotopic (exact) mass is 441 g/mol. The molecule has 3 rings (SSSR count). The number of Topliss-reactive ketones (excluding diaryl/α,β-unsaturated/α-hetero) is 1. The first-order valence-corrected chi connectivity index (χ1v) is 9.73. The van der Waals surface area contributed by atoms with Gasteiger partial charge in [0.05, 0.1) is 6.54 Å². The second-order valence-corrected chi connectivity index (χ2v) is 7.31. The Morgan fingerprint density at radius 1 is 1.17 bits per heavy atom. The molecule has 1 aliphatic heterocycles. The van der Waals surface area contributed by atoms with Crippen LogP contribution >= 0.6 is 11.6 Å². The molecule has 10 heteroatoms. The van der Waals surface area contributed by atoms with Crippen molar-refractivity contribution >= 4 is 23.3 Å². The van der Waals surface area contributed by atoms with E-state index < -0.39 is 18.0 Å². The number of ketones is 1. The fourth-order valence-corrected chi connectivity index (χ4v) is 3.25. The second-order valence-electron chi connectivity index (χ2n) is 6.87. The fourth-order valence-electron chi connectivity index (χ4n) is 3.12. The summed E-state index contributed by atoms with van der Waals surface area (Å²) in [7, 11) is 0. The van der Waals surface area contributed by atoms with E-state index in [-0.39, 0.29) is 37.1 Å². The van der Waals surface area contributed by atoms with Gasteiger partial charge < -0.3 is 9.64 Å².